The summed E-state index contributed by atoms with van der Waals surface area (Å²) in [5, 5.41) is 0. The van der Waals surface area contributed by atoms with E-state index in [0.29, 0.717) is 25.7 Å². The predicted octanol–water partition coefficient (Wildman–Crippen LogP) is 6.56. The van der Waals surface area contributed by atoms with Gasteiger partial charge in [-0.3, -0.25) is 24.4 Å². The van der Waals surface area contributed by atoms with Gasteiger partial charge < -0.3 is 24.0 Å². The number of carbonyl (C=O) groups excluding carboxylic acids is 3. The standard InChI is InChI=1S/C43H45FN4O6/c1-47(43(51)40(49)34-27-38(52-2)41(54-4)39(28-34)53-3)37(26-32-8-6-5-7-9-32)42(50)48(29-33-10-14-35(44)15-11-33)36(16-12-30-18-22-45-23-19-30)17-13-31-20-24-46-25-21-31/h5-11,14-15,18-25,27-28,36-37H,12-13,16-17,26,29H2,1-4H3. The van der Waals surface area contributed by atoms with Gasteiger partial charge in [0.25, 0.3) is 11.7 Å². The second-order valence-corrected chi connectivity index (χ2v) is 12.9. The normalized spacial score (nSPS) is 11.4. The quantitative estimate of drug-likeness (QED) is 0.0737. The molecule has 280 valence electrons. The van der Waals surface area contributed by atoms with Gasteiger partial charge in [-0.1, -0.05) is 42.5 Å². The van der Waals surface area contributed by atoms with Crippen LogP contribution in [-0.4, -0.2) is 77.8 Å². The zero-order chi connectivity index (χ0) is 38.5. The number of hydrogen-bond acceptors (Lipinski definition) is 8. The van der Waals surface area contributed by atoms with Crippen LogP contribution in [0, 0.1) is 5.82 Å². The maximum absolute atomic E-state index is 15.2. The lowest BCUT2D eigenvalue weighted by molar-refractivity contribution is -0.145. The number of ketones is 1. The van der Waals surface area contributed by atoms with Crippen LogP contribution in [0.3, 0.4) is 0 Å². The average molecular weight is 733 g/mol. The first kappa shape index (κ1) is 39.1. The minimum atomic E-state index is -1.07. The Morgan fingerprint density at radius 1 is 0.685 bits per heavy atom. The number of nitrogens with zero attached hydrogens (tertiary/aromatic N) is 4. The maximum Gasteiger partial charge on any atom is 0.295 e. The Morgan fingerprint density at radius 3 is 1.72 bits per heavy atom. The number of Topliss-reactive ketones (excluding diaryl/α,β-unsaturated/α-hetero) is 1. The fourth-order valence-corrected chi connectivity index (χ4v) is 6.45. The summed E-state index contributed by atoms with van der Waals surface area (Å²) in [4.78, 5) is 54.7. The molecule has 5 aromatic rings. The van der Waals surface area contributed by atoms with Crippen LogP contribution in [0.1, 0.15) is 45.5 Å². The number of halogens is 1. The molecule has 0 aliphatic heterocycles. The maximum atomic E-state index is 15.2. The van der Waals surface area contributed by atoms with E-state index in [-0.39, 0.29) is 53.5 Å². The van der Waals surface area contributed by atoms with Crippen LogP contribution in [0.2, 0.25) is 0 Å². The van der Waals surface area contributed by atoms with Crippen LogP contribution < -0.4 is 14.2 Å². The second kappa shape index (κ2) is 19.1. The molecule has 0 bridgehead atoms. The first-order chi connectivity index (χ1) is 26.2. The number of pyridine rings is 2. The lowest BCUT2D eigenvalue weighted by Gasteiger charge is -2.38. The fraction of sp³-hybridized carbons (Fsp3) is 0.279. The molecule has 0 aliphatic carbocycles. The monoisotopic (exact) mass is 732 g/mol. The highest BCUT2D eigenvalue weighted by molar-refractivity contribution is 6.43. The van der Waals surface area contributed by atoms with E-state index in [9.17, 15) is 14.0 Å². The Morgan fingerprint density at radius 2 is 1.22 bits per heavy atom. The molecule has 5 rings (SSSR count). The summed E-state index contributed by atoms with van der Waals surface area (Å²) in [5.74, 6) is -1.76. The van der Waals surface area contributed by atoms with Crippen molar-refractivity contribution < 1.29 is 33.0 Å². The number of likely N-dealkylation sites (N-methyl/N-ethyl adjacent to an activating group) is 1. The van der Waals surface area contributed by atoms with Crippen LogP contribution in [0.15, 0.2) is 116 Å². The number of carbonyl (C=O) groups is 3. The average Bonchev–Trinajstić information content (AvgIpc) is 3.22. The summed E-state index contributed by atoms with van der Waals surface area (Å²) in [6.45, 7) is 0.157. The van der Waals surface area contributed by atoms with Crippen molar-refractivity contribution in [2.75, 3.05) is 28.4 Å². The first-order valence-electron chi connectivity index (χ1n) is 17.7. The molecule has 11 heteroatoms. The molecule has 2 amide bonds. The predicted molar refractivity (Wildman–Crippen MR) is 203 cm³/mol. The van der Waals surface area contributed by atoms with Gasteiger partial charge in [0.15, 0.2) is 11.5 Å². The second-order valence-electron chi connectivity index (χ2n) is 12.9. The molecular weight excluding hydrogens is 687 g/mol. The minimum absolute atomic E-state index is 0.0167. The summed E-state index contributed by atoms with van der Waals surface area (Å²) in [6.07, 6.45) is 9.63. The SMILES string of the molecule is COc1cc(C(=O)C(=O)N(C)C(Cc2ccccc2)C(=O)N(Cc2ccc(F)cc2)C(CCc2ccncc2)CCc2ccncc2)cc(OC)c1OC. The number of aromatic nitrogens is 2. The third-order valence-corrected chi connectivity index (χ3v) is 9.49. The van der Waals surface area contributed by atoms with Crippen LogP contribution in [0.4, 0.5) is 4.39 Å². The van der Waals surface area contributed by atoms with Crippen molar-refractivity contribution in [3.63, 3.8) is 0 Å². The summed E-state index contributed by atoms with van der Waals surface area (Å²) < 4.78 is 30.4. The summed E-state index contributed by atoms with van der Waals surface area (Å²) in [6, 6.07) is 24.7. The Hall–Kier alpha value is -6.10. The first-order valence-corrected chi connectivity index (χ1v) is 17.7. The van der Waals surface area contributed by atoms with Crippen molar-refractivity contribution in [1.29, 1.82) is 0 Å². The molecule has 1 unspecified atom stereocenters. The van der Waals surface area contributed by atoms with Gasteiger partial charge in [0, 0.05) is 56.4 Å². The molecule has 10 nitrogen and oxygen atoms in total. The lowest BCUT2D eigenvalue weighted by Crippen LogP contribution is -2.54. The van der Waals surface area contributed by atoms with Crippen molar-refractivity contribution in [3.05, 3.63) is 149 Å². The number of rotatable bonds is 18. The molecule has 0 radical (unpaired) electrons. The fourth-order valence-electron chi connectivity index (χ4n) is 6.45. The molecule has 3 aromatic carbocycles. The van der Waals surface area contributed by atoms with Gasteiger partial charge in [-0.25, -0.2) is 4.39 Å². The van der Waals surface area contributed by atoms with E-state index in [0.717, 1.165) is 22.3 Å². The number of benzene rings is 3. The number of amides is 2. The molecule has 54 heavy (non-hydrogen) atoms. The molecule has 0 saturated carbocycles. The Bertz CT molecular complexity index is 1910. The van der Waals surface area contributed by atoms with E-state index in [1.54, 1.807) is 41.8 Å². The number of aryl methyl sites for hydroxylation is 2. The van der Waals surface area contributed by atoms with Gasteiger partial charge in [0.2, 0.25) is 11.7 Å². The topological polar surface area (TPSA) is 111 Å². The Labute approximate surface area is 315 Å². The number of methoxy groups -OCH3 is 3. The smallest absolute Gasteiger partial charge is 0.295 e. The molecule has 0 N–H and O–H groups in total. The van der Waals surface area contributed by atoms with Crippen LogP contribution in [-0.2, 0) is 35.4 Å². The zero-order valence-electron chi connectivity index (χ0n) is 31.0. The molecule has 2 aromatic heterocycles. The van der Waals surface area contributed by atoms with Gasteiger partial charge in [-0.15, -0.1) is 0 Å². The summed E-state index contributed by atoms with van der Waals surface area (Å²) in [5.41, 5.74) is 3.68. The van der Waals surface area contributed by atoms with Crippen molar-refractivity contribution >= 4 is 17.6 Å². The van der Waals surface area contributed by atoms with Gasteiger partial charge in [0.1, 0.15) is 11.9 Å². The Kier molecular flexibility index (Phi) is 13.8. The summed E-state index contributed by atoms with van der Waals surface area (Å²) in [7, 11) is 5.76. The van der Waals surface area contributed by atoms with Crippen LogP contribution in [0.25, 0.3) is 0 Å². The van der Waals surface area contributed by atoms with Gasteiger partial charge in [-0.05, 0) is 96.5 Å². The van der Waals surface area contributed by atoms with E-state index in [1.807, 2.05) is 54.6 Å². The van der Waals surface area contributed by atoms with Crippen molar-refractivity contribution in [2.45, 2.75) is 50.7 Å². The number of ether oxygens (including phenoxy) is 3. The van der Waals surface area contributed by atoms with E-state index < -0.39 is 17.7 Å². The minimum Gasteiger partial charge on any atom is -0.493 e. The summed E-state index contributed by atoms with van der Waals surface area (Å²) >= 11 is 0. The van der Waals surface area contributed by atoms with E-state index in [2.05, 4.69) is 9.97 Å². The Balaban J connectivity index is 1.55. The molecule has 0 spiro atoms. The molecule has 0 saturated heterocycles. The molecule has 0 aliphatic rings. The highest BCUT2D eigenvalue weighted by atomic mass is 19.1. The highest BCUT2D eigenvalue weighted by Crippen LogP contribution is 2.38. The van der Waals surface area contributed by atoms with E-state index >= 15 is 4.79 Å². The van der Waals surface area contributed by atoms with Crippen LogP contribution in [0.5, 0.6) is 17.2 Å². The zero-order valence-corrected chi connectivity index (χ0v) is 31.0. The van der Waals surface area contributed by atoms with Crippen molar-refractivity contribution in [2.24, 2.45) is 0 Å². The third kappa shape index (κ3) is 10.1. The molecule has 1 atom stereocenters. The highest BCUT2D eigenvalue weighted by Gasteiger charge is 2.37. The number of hydrogen-bond donors (Lipinski definition) is 0. The molecular formula is C43H45FN4O6. The molecule has 2 heterocycles. The molecule has 0 fully saturated rings. The van der Waals surface area contributed by atoms with E-state index in [4.69, 9.17) is 14.2 Å². The van der Waals surface area contributed by atoms with Gasteiger partial charge in [0.05, 0.1) is 21.3 Å². The lowest BCUT2D eigenvalue weighted by atomic mass is 9.95. The third-order valence-electron chi connectivity index (χ3n) is 9.49. The van der Waals surface area contributed by atoms with Gasteiger partial charge in [-0.2, -0.15) is 0 Å². The van der Waals surface area contributed by atoms with Crippen molar-refractivity contribution in [1.82, 2.24) is 19.8 Å². The van der Waals surface area contributed by atoms with Gasteiger partial charge >= 0.3 is 0 Å². The van der Waals surface area contributed by atoms with E-state index in [1.165, 1.54) is 57.5 Å². The van der Waals surface area contributed by atoms with Crippen LogP contribution >= 0.6 is 0 Å². The van der Waals surface area contributed by atoms with Crippen molar-refractivity contribution in [3.8, 4) is 17.2 Å². The largest absolute Gasteiger partial charge is 0.493 e.